The van der Waals surface area contributed by atoms with E-state index in [9.17, 15) is 4.79 Å². The first-order chi connectivity index (χ1) is 11.7. The first kappa shape index (κ1) is 14.9. The topological polar surface area (TPSA) is 61.0 Å². The maximum absolute atomic E-state index is 12.4. The van der Waals surface area contributed by atoms with E-state index < -0.39 is 0 Å². The Morgan fingerprint density at radius 2 is 2.04 bits per heavy atom. The van der Waals surface area contributed by atoms with E-state index in [0.717, 1.165) is 41.5 Å². The summed E-state index contributed by atoms with van der Waals surface area (Å²) in [6.07, 6.45) is 1.97. The van der Waals surface area contributed by atoms with Gasteiger partial charge in [-0.25, -0.2) is 4.98 Å². The van der Waals surface area contributed by atoms with E-state index in [1.165, 1.54) is 0 Å². The fraction of sp³-hybridized carbons (Fsp3) is 0.263. The van der Waals surface area contributed by atoms with Gasteiger partial charge in [-0.05, 0) is 49.7 Å². The molecule has 5 heteroatoms. The number of aromatic amines is 1. The molecular weight excluding hydrogens is 300 g/mol. The summed E-state index contributed by atoms with van der Waals surface area (Å²) in [6, 6.07) is 16.2. The molecule has 1 aromatic heterocycles. The number of carbonyl (C=O) groups is 1. The number of hydrogen-bond acceptors (Lipinski definition) is 3. The normalized spacial score (nSPS) is 18.1. The standard InChI is InChI=1S/C19H20N4O/c1-23-11-5-8-17(23)18(24)22-19-20-15-10-9-14(12-16(15)21-19)13-6-3-2-4-7-13/h2-4,6-7,9-10,12,17H,5,8,11H2,1H3,(H2,20,21,22,24)/t17-/m0/s1. The lowest BCUT2D eigenvalue weighted by molar-refractivity contribution is -0.120. The Balaban J connectivity index is 1.58. The van der Waals surface area contributed by atoms with E-state index in [0.29, 0.717) is 5.95 Å². The average Bonchev–Trinajstić information content (AvgIpc) is 3.20. The molecule has 2 N–H and O–H groups in total. The van der Waals surface area contributed by atoms with E-state index in [2.05, 4.69) is 44.5 Å². The second-order valence-electron chi connectivity index (χ2n) is 6.31. The van der Waals surface area contributed by atoms with Crippen molar-refractivity contribution in [2.75, 3.05) is 18.9 Å². The van der Waals surface area contributed by atoms with Crippen LogP contribution in [0.15, 0.2) is 48.5 Å². The van der Waals surface area contributed by atoms with Crippen LogP contribution in [0.25, 0.3) is 22.2 Å². The number of nitrogens with zero attached hydrogens (tertiary/aromatic N) is 2. The number of fused-ring (bicyclic) bond motifs is 1. The summed E-state index contributed by atoms with van der Waals surface area (Å²) in [5.41, 5.74) is 4.06. The van der Waals surface area contributed by atoms with Crippen LogP contribution >= 0.6 is 0 Å². The quantitative estimate of drug-likeness (QED) is 0.778. The van der Waals surface area contributed by atoms with E-state index in [-0.39, 0.29) is 11.9 Å². The average molecular weight is 320 g/mol. The highest BCUT2D eigenvalue weighted by atomic mass is 16.2. The predicted molar refractivity (Wildman–Crippen MR) is 95.8 cm³/mol. The number of imidazole rings is 1. The van der Waals surface area contributed by atoms with Crippen molar-refractivity contribution < 1.29 is 4.79 Å². The molecule has 1 aliphatic rings. The van der Waals surface area contributed by atoms with Gasteiger partial charge in [0.25, 0.3) is 0 Å². The Kier molecular flexibility index (Phi) is 3.78. The molecule has 24 heavy (non-hydrogen) atoms. The fourth-order valence-electron chi connectivity index (χ4n) is 3.32. The van der Waals surface area contributed by atoms with Gasteiger partial charge in [-0.15, -0.1) is 0 Å². The minimum atomic E-state index is -0.0573. The molecule has 3 aromatic rings. The molecule has 2 heterocycles. The largest absolute Gasteiger partial charge is 0.324 e. The molecule has 0 bridgehead atoms. The van der Waals surface area contributed by atoms with Crippen LogP contribution in [0.3, 0.4) is 0 Å². The number of likely N-dealkylation sites (N-methyl/N-ethyl adjacent to an activating group) is 1. The van der Waals surface area contributed by atoms with Gasteiger partial charge in [0.15, 0.2) is 0 Å². The molecule has 4 rings (SSSR count). The third-order valence-electron chi connectivity index (χ3n) is 4.65. The van der Waals surface area contributed by atoms with Crippen LogP contribution in [0, 0.1) is 0 Å². The lowest BCUT2D eigenvalue weighted by Crippen LogP contribution is -2.37. The van der Waals surface area contributed by atoms with Gasteiger partial charge in [-0.3, -0.25) is 15.0 Å². The summed E-state index contributed by atoms with van der Waals surface area (Å²) in [7, 11) is 1.99. The van der Waals surface area contributed by atoms with Gasteiger partial charge >= 0.3 is 0 Å². The molecule has 1 saturated heterocycles. The first-order valence-corrected chi connectivity index (χ1v) is 8.27. The second kappa shape index (κ2) is 6.09. The van der Waals surface area contributed by atoms with Crippen LogP contribution in [0.2, 0.25) is 0 Å². The smallest absolute Gasteiger partial charge is 0.244 e. The van der Waals surface area contributed by atoms with Gasteiger partial charge in [0.2, 0.25) is 11.9 Å². The zero-order valence-electron chi connectivity index (χ0n) is 13.6. The summed E-state index contributed by atoms with van der Waals surface area (Å²) in [6.45, 7) is 0.971. The monoisotopic (exact) mass is 320 g/mol. The third kappa shape index (κ3) is 2.78. The number of H-pyrrole nitrogens is 1. The SMILES string of the molecule is CN1CCC[C@H]1C(=O)Nc1nc2ccc(-c3ccccc3)cc2[nH]1. The zero-order chi connectivity index (χ0) is 16.5. The highest BCUT2D eigenvalue weighted by molar-refractivity contribution is 5.95. The van der Waals surface area contributed by atoms with E-state index in [4.69, 9.17) is 0 Å². The molecule has 1 fully saturated rings. The molecular formula is C19H20N4O. The van der Waals surface area contributed by atoms with Crippen molar-refractivity contribution in [3.05, 3.63) is 48.5 Å². The first-order valence-electron chi connectivity index (χ1n) is 8.27. The second-order valence-corrected chi connectivity index (χ2v) is 6.31. The summed E-state index contributed by atoms with van der Waals surface area (Å²) >= 11 is 0. The lowest BCUT2D eigenvalue weighted by atomic mass is 10.1. The Morgan fingerprint density at radius 1 is 1.21 bits per heavy atom. The van der Waals surface area contributed by atoms with Crippen molar-refractivity contribution in [3.8, 4) is 11.1 Å². The number of likely N-dealkylation sites (tertiary alicyclic amines) is 1. The van der Waals surface area contributed by atoms with Crippen LogP contribution in [0.5, 0.6) is 0 Å². The number of anilines is 1. The molecule has 5 nitrogen and oxygen atoms in total. The van der Waals surface area contributed by atoms with Gasteiger partial charge in [0.1, 0.15) is 0 Å². The molecule has 1 aliphatic heterocycles. The lowest BCUT2D eigenvalue weighted by Gasteiger charge is -2.17. The molecule has 0 unspecified atom stereocenters. The Labute approximate surface area is 140 Å². The van der Waals surface area contributed by atoms with Gasteiger partial charge < -0.3 is 4.98 Å². The number of rotatable bonds is 3. The van der Waals surface area contributed by atoms with E-state index in [1.807, 2.05) is 31.3 Å². The van der Waals surface area contributed by atoms with Crippen molar-refractivity contribution in [1.29, 1.82) is 0 Å². The summed E-state index contributed by atoms with van der Waals surface area (Å²) in [4.78, 5) is 22.2. The highest BCUT2D eigenvalue weighted by Crippen LogP contribution is 2.24. The maximum Gasteiger partial charge on any atom is 0.244 e. The van der Waals surface area contributed by atoms with Crippen molar-refractivity contribution in [1.82, 2.24) is 14.9 Å². The van der Waals surface area contributed by atoms with Crippen molar-refractivity contribution in [2.24, 2.45) is 0 Å². The van der Waals surface area contributed by atoms with Crippen LogP contribution in [0.1, 0.15) is 12.8 Å². The number of carbonyl (C=O) groups excluding carboxylic acids is 1. The maximum atomic E-state index is 12.4. The van der Waals surface area contributed by atoms with Crippen molar-refractivity contribution in [3.63, 3.8) is 0 Å². The molecule has 1 atom stereocenters. The highest BCUT2D eigenvalue weighted by Gasteiger charge is 2.28. The predicted octanol–water partition coefficient (Wildman–Crippen LogP) is 3.26. The Bertz CT molecular complexity index is 871. The van der Waals surface area contributed by atoms with E-state index in [1.54, 1.807) is 0 Å². The molecule has 0 radical (unpaired) electrons. The number of nitrogens with one attached hydrogen (secondary N) is 2. The van der Waals surface area contributed by atoms with Gasteiger partial charge in [0.05, 0.1) is 17.1 Å². The molecule has 122 valence electrons. The fourth-order valence-corrected chi connectivity index (χ4v) is 3.32. The number of aromatic nitrogens is 2. The van der Waals surface area contributed by atoms with Gasteiger partial charge in [-0.1, -0.05) is 36.4 Å². The molecule has 0 aliphatic carbocycles. The molecule has 2 aromatic carbocycles. The summed E-state index contributed by atoms with van der Waals surface area (Å²) in [5, 5.41) is 2.92. The van der Waals surface area contributed by atoms with Crippen LogP contribution in [0.4, 0.5) is 5.95 Å². The number of hydrogen-bond donors (Lipinski definition) is 2. The minimum absolute atomic E-state index is 0.0114. The van der Waals surface area contributed by atoms with Crippen LogP contribution in [-0.4, -0.2) is 40.4 Å². The summed E-state index contributed by atoms with van der Waals surface area (Å²) in [5.74, 6) is 0.526. The van der Waals surface area contributed by atoms with Crippen LogP contribution < -0.4 is 5.32 Å². The summed E-state index contributed by atoms with van der Waals surface area (Å²) < 4.78 is 0. The molecule has 0 saturated carbocycles. The van der Waals surface area contributed by atoms with Crippen molar-refractivity contribution in [2.45, 2.75) is 18.9 Å². The van der Waals surface area contributed by atoms with Gasteiger partial charge in [-0.2, -0.15) is 0 Å². The third-order valence-corrected chi connectivity index (χ3v) is 4.65. The zero-order valence-corrected chi connectivity index (χ0v) is 13.6. The van der Waals surface area contributed by atoms with Gasteiger partial charge in [0, 0.05) is 0 Å². The molecule has 1 amide bonds. The van der Waals surface area contributed by atoms with E-state index >= 15 is 0 Å². The molecule has 0 spiro atoms. The number of benzene rings is 2. The Morgan fingerprint density at radius 3 is 2.79 bits per heavy atom. The number of amides is 1. The van der Waals surface area contributed by atoms with Crippen molar-refractivity contribution >= 4 is 22.9 Å². The Hall–Kier alpha value is -2.66. The van der Waals surface area contributed by atoms with Crippen LogP contribution in [-0.2, 0) is 4.79 Å². The minimum Gasteiger partial charge on any atom is -0.324 e.